The Hall–Kier alpha value is -2.49. The Morgan fingerprint density at radius 2 is 2.08 bits per heavy atom. The average molecular weight is 428 g/mol. The van der Waals surface area contributed by atoms with Gasteiger partial charge in [-0.05, 0) is 37.6 Å². The first-order valence-corrected chi connectivity index (χ1v) is 9.50. The molecular formula is C20H15BrFN3S. The number of nitrogens with zero attached hydrogens (tertiary/aromatic N) is 2. The molecular weight excluding hydrogens is 413 g/mol. The SMILES string of the molecule is Cc1ccc(-c2csc(/C(C#N)=C\Nc3ccc(Br)cc3F)n2)c(C)c1. The predicted molar refractivity (Wildman–Crippen MR) is 108 cm³/mol. The highest BCUT2D eigenvalue weighted by atomic mass is 79.9. The van der Waals surface area contributed by atoms with Crippen LogP contribution < -0.4 is 5.32 Å². The van der Waals surface area contributed by atoms with Gasteiger partial charge in [0, 0.05) is 21.6 Å². The maximum absolute atomic E-state index is 13.9. The van der Waals surface area contributed by atoms with Crippen molar-refractivity contribution in [2.75, 3.05) is 5.32 Å². The second-order valence-electron chi connectivity index (χ2n) is 5.79. The van der Waals surface area contributed by atoms with Crippen LogP contribution >= 0.6 is 27.3 Å². The van der Waals surface area contributed by atoms with Gasteiger partial charge >= 0.3 is 0 Å². The molecule has 0 fully saturated rings. The van der Waals surface area contributed by atoms with Gasteiger partial charge in [-0.25, -0.2) is 9.37 Å². The van der Waals surface area contributed by atoms with E-state index in [2.05, 4.69) is 38.4 Å². The number of aryl methyl sites for hydroxylation is 2. The molecule has 26 heavy (non-hydrogen) atoms. The molecule has 2 aromatic carbocycles. The lowest BCUT2D eigenvalue weighted by molar-refractivity contribution is 0.631. The molecule has 3 aromatic rings. The van der Waals surface area contributed by atoms with Gasteiger partial charge in [0.15, 0.2) is 0 Å². The normalized spacial score (nSPS) is 11.3. The van der Waals surface area contributed by atoms with E-state index in [4.69, 9.17) is 0 Å². The lowest BCUT2D eigenvalue weighted by Crippen LogP contribution is -1.94. The molecule has 0 aliphatic heterocycles. The smallest absolute Gasteiger partial charge is 0.147 e. The number of benzene rings is 2. The van der Waals surface area contributed by atoms with Crippen molar-refractivity contribution in [3.05, 3.63) is 74.4 Å². The van der Waals surface area contributed by atoms with Crippen LogP contribution in [-0.2, 0) is 0 Å². The van der Waals surface area contributed by atoms with E-state index in [0.29, 0.717) is 20.7 Å². The van der Waals surface area contributed by atoms with Crippen LogP contribution in [0.15, 0.2) is 52.5 Å². The Bertz CT molecular complexity index is 1030. The summed E-state index contributed by atoms with van der Waals surface area (Å²) in [5, 5.41) is 14.8. The number of hydrogen-bond donors (Lipinski definition) is 1. The fourth-order valence-corrected chi connectivity index (χ4v) is 3.64. The molecule has 0 amide bonds. The van der Waals surface area contributed by atoms with E-state index in [1.54, 1.807) is 12.1 Å². The third kappa shape index (κ3) is 4.01. The summed E-state index contributed by atoms with van der Waals surface area (Å²) in [6, 6.07) is 13.0. The maximum atomic E-state index is 13.9. The molecule has 3 rings (SSSR count). The van der Waals surface area contributed by atoms with Crippen molar-refractivity contribution < 1.29 is 4.39 Å². The largest absolute Gasteiger partial charge is 0.358 e. The van der Waals surface area contributed by atoms with Gasteiger partial charge < -0.3 is 5.32 Å². The molecule has 0 aliphatic rings. The Morgan fingerprint density at radius 1 is 1.27 bits per heavy atom. The molecule has 0 bridgehead atoms. The Kier molecular flexibility index (Phi) is 5.50. The average Bonchev–Trinajstić information content (AvgIpc) is 3.06. The fraction of sp³-hybridized carbons (Fsp3) is 0.100. The summed E-state index contributed by atoms with van der Waals surface area (Å²) in [5.41, 5.74) is 4.86. The quantitative estimate of drug-likeness (QED) is 0.496. The van der Waals surface area contributed by atoms with E-state index in [9.17, 15) is 9.65 Å². The number of halogens is 2. The van der Waals surface area contributed by atoms with Crippen molar-refractivity contribution in [1.29, 1.82) is 5.26 Å². The van der Waals surface area contributed by atoms with E-state index in [1.807, 2.05) is 31.4 Å². The number of thiazole rings is 1. The molecule has 0 saturated heterocycles. The summed E-state index contributed by atoms with van der Waals surface area (Å²) in [7, 11) is 0. The summed E-state index contributed by atoms with van der Waals surface area (Å²) in [6.45, 7) is 4.09. The van der Waals surface area contributed by atoms with Crippen LogP contribution in [0.3, 0.4) is 0 Å². The van der Waals surface area contributed by atoms with Crippen molar-refractivity contribution in [3.63, 3.8) is 0 Å². The molecule has 1 heterocycles. The van der Waals surface area contributed by atoms with Crippen molar-refractivity contribution in [1.82, 2.24) is 4.98 Å². The molecule has 0 unspecified atom stereocenters. The first-order chi connectivity index (χ1) is 12.5. The molecule has 0 radical (unpaired) electrons. The number of allylic oxidation sites excluding steroid dienone is 1. The number of nitrogens with one attached hydrogen (secondary N) is 1. The second-order valence-corrected chi connectivity index (χ2v) is 7.57. The third-order valence-electron chi connectivity index (χ3n) is 3.82. The zero-order valence-corrected chi connectivity index (χ0v) is 16.6. The van der Waals surface area contributed by atoms with Gasteiger partial charge in [0.25, 0.3) is 0 Å². The maximum Gasteiger partial charge on any atom is 0.147 e. The monoisotopic (exact) mass is 427 g/mol. The highest BCUT2D eigenvalue weighted by Crippen LogP contribution is 2.29. The van der Waals surface area contributed by atoms with Crippen LogP contribution in [-0.4, -0.2) is 4.98 Å². The van der Waals surface area contributed by atoms with Gasteiger partial charge in [0.05, 0.1) is 11.4 Å². The molecule has 0 atom stereocenters. The standard InChI is InChI=1S/C20H15BrFN3S/c1-12-3-5-16(13(2)7-12)19-11-26-20(25-19)14(9-23)10-24-18-6-4-15(21)8-17(18)22/h3-8,10-11,24H,1-2H3/b14-10-. The summed E-state index contributed by atoms with van der Waals surface area (Å²) in [5.74, 6) is -0.400. The lowest BCUT2D eigenvalue weighted by Gasteiger charge is -2.04. The molecule has 1 aromatic heterocycles. The van der Waals surface area contributed by atoms with Crippen molar-refractivity contribution in [3.8, 4) is 17.3 Å². The molecule has 6 heteroatoms. The highest BCUT2D eigenvalue weighted by molar-refractivity contribution is 9.10. The van der Waals surface area contributed by atoms with Crippen molar-refractivity contribution in [2.24, 2.45) is 0 Å². The van der Waals surface area contributed by atoms with Crippen LogP contribution in [0.25, 0.3) is 16.8 Å². The Morgan fingerprint density at radius 3 is 2.77 bits per heavy atom. The van der Waals surface area contributed by atoms with Crippen LogP contribution in [0.4, 0.5) is 10.1 Å². The molecule has 1 N–H and O–H groups in total. The van der Waals surface area contributed by atoms with E-state index in [1.165, 1.54) is 29.2 Å². The summed E-state index contributed by atoms with van der Waals surface area (Å²) < 4.78 is 14.5. The minimum absolute atomic E-state index is 0.298. The van der Waals surface area contributed by atoms with E-state index in [0.717, 1.165) is 16.8 Å². The van der Waals surface area contributed by atoms with Gasteiger partial charge in [-0.3, -0.25) is 0 Å². The van der Waals surface area contributed by atoms with E-state index in [-0.39, 0.29) is 0 Å². The number of hydrogen-bond acceptors (Lipinski definition) is 4. The Labute approximate surface area is 164 Å². The topological polar surface area (TPSA) is 48.7 Å². The van der Waals surface area contributed by atoms with Crippen LogP contribution in [0.5, 0.6) is 0 Å². The van der Waals surface area contributed by atoms with Crippen LogP contribution in [0.2, 0.25) is 0 Å². The summed E-state index contributed by atoms with van der Waals surface area (Å²) in [6.07, 6.45) is 1.48. The van der Waals surface area contributed by atoms with Gasteiger partial charge in [-0.2, -0.15) is 5.26 Å². The van der Waals surface area contributed by atoms with Gasteiger partial charge in [-0.1, -0.05) is 39.7 Å². The first kappa shape index (κ1) is 18.3. The van der Waals surface area contributed by atoms with Gasteiger partial charge in [-0.15, -0.1) is 11.3 Å². The Balaban J connectivity index is 1.87. The van der Waals surface area contributed by atoms with E-state index < -0.39 is 5.82 Å². The number of nitriles is 1. The van der Waals surface area contributed by atoms with Gasteiger partial charge in [0.1, 0.15) is 22.5 Å². The predicted octanol–water partition coefficient (Wildman–Crippen LogP) is 6.31. The first-order valence-electron chi connectivity index (χ1n) is 7.83. The lowest BCUT2D eigenvalue weighted by atomic mass is 10.0. The second kappa shape index (κ2) is 7.81. The van der Waals surface area contributed by atoms with Crippen molar-refractivity contribution >= 4 is 38.5 Å². The number of rotatable bonds is 4. The molecule has 130 valence electrons. The fourth-order valence-electron chi connectivity index (χ4n) is 2.52. The van der Waals surface area contributed by atoms with Crippen LogP contribution in [0.1, 0.15) is 16.1 Å². The molecule has 0 aliphatic carbocycles. The number of anilines is 1. The van der Waals surface area contributed by atoms with E-state index >= 15 is 0 Å². The summed E-state index contributed by atoms with van der Waals surface area (Å²) >= 11 is 4.61. The molecule has 3 nitrogen and oxygen atoms in total. The summed E-state index contributed by atoms with van der Waals surface area (Å²) in [4.78, 5) is 4.58. The van der Waals surface area contributed by atoms with Crippen LogP contribution in [0, 0.1) is 31.0 Å². The highest BCUT2D eigenvalue weighted by Gasteiger charge is 2.11. The van der Waals surface area contributed by atoms with Gasteiger partial charge in [0.2, 0.25) is 0 Å². The minimum atomic E-state index is -0.400. The molecule has 0 saturated carbocycles. The van der Waals surface area contributed by atoms with Crippen molar-refractivity contribution in [2.45, 2.75) is 13.8 Å². The minimum Gasteiger partial charge on any atom is -0.358 e. The zero-order valence-electron chi connectivity index (χ0n) is 14.2. The molecule has 0 spiro atoms. The third-order valence-corrected chi connectivity index (χ3v) is 5.18. The number of aromatic nitrogens is 1. The zero-order chi connectivity index (χ0) is 18.7.